The van der Waals surface area contributed by atoms with E-state index in [1.165, 1.54) is 0 Å². The number of nitrogens with one attached hydrogen (secondary N) is 1. The second-order valence-corrected chi connectivity index (χ2v) is 5.69. The SMILES string of the molecule is CCCN(C)c1ccc(C(=O)N[C@H](C(N)=O)c2ccccc2)cc1. The van der Waals surface area contributed by atoms with E-state index >= 15 is 0 Å². The summed E-state index contributed by atoms with van der Waals surface area (Å²) in [6, 6.07) is 15.4. The largest absolute Gasteiger partial charge is 0.375 e. The summed E-state index contributed by atoms with van der Waals surface area (Å²) in [5, 5.41) is 2.70. The Labute approximate surface area is 142 Å². The van der Waals surface area contributed by atoms with Crippen LogP contribution >= 0.6 is 0 Å². The average Bonchev–Trinajstić information content (AvgIpc) is 2.60. The van der Waals surface area contributed by atoms with Crippen LogP contribution in [0.5, 0.6) is 0 Å². The van der Waals surface area contributed by atoms with Crippen LogP contribution in [0.2, 0.25) is 0 Å². The molecule has 24 heavy (non-hydrogen) atoms. The van der Waals surface area contributed by atoms with E-state index in [9.17, 15) is 9.59 Å². The molecule has 0 unspecified atom stereocenters. The molecule has 0 spiro atoms. The van der Waals surface area contributed by atoms with E-state index in [0.717, 1.165) is 18.7 Å². The molecule has 0 saturated carbocycles. The van der Waals surface area contributed by atoms with E-state index in [-0.39, 0.29) is 5.91 Å². The number of nitrogens with zero attached hydrogens (tertiary/aromatic N) is 1. The van der Waals surface area contributed by atoms with Gasteiger partial charge in [-0.25, -0.2) is 0 Å². The van der Waals surface area contributed by atoms with Crippen LogP contribution in [0, 0.1) is 0 Å². The van der Waals surface area contributed by atoms with Crippen molar-refractivity contribution >= 4 is 17.5 Å². The van der Waals surface area contributed by atoms with Crippen LogP contribution in [0.15, 0.2) is 54.6 Å². The summed E-state index contributed by atoms with van der Waals surface area (Å²) in [5.41, 5.74) is 7.63. The lowest BCUT2D eigenvalue weighted by atomic mass is 10.1. The molecule has 2 amide bonds. The van der Waals surface area contributed by atoms with Gasteiger partial charge in [-0.2, -0.15) is 0 Å². The zero-order valence-corrected chi connectivity index (χ0v) is 14.0. The normalized spacial score (nSPS) is 11.6. The van der Waals surface area contributed by atoms with Crippen LogP contribution in [-0.4, -0.2) is 25.4 Å². The maximum Gasteiger partial charge on any atom is 0.252 e. The molecule has 0 aliphatic rings. The lowest BCUT2D eigenvalue weighted by Gasteiger charge is -2.19. The van der Waals surface area contributed by atoms with Crippen LogP contribution in [0.3, 0.4) is 0 Å². The lowest BCUT2D eigenvalue weighted by Crippen LogP contribution is -2.37. The molecule has 2 rings (SSSR count). The van der Waals surface area contributed by atoms with Crippen molar-refractivity contribution in [1.82, 2.24) is 5.32 Å². The number of hydrogen-bond acceptors (Lipinski definition) is 3. The smallest absolute Gasteiger partial charge is 0.252 e. The number of nitrogens with two attached hydrogens (primary N) is 1. The Hall–Kier alpha value is -2.82. The van der Waals surface area contributed by atoms with E-state index < -0.39 is 11.9 Å². The molecule has 0 aliphatic heterocycles. The van der Waals surface area contributed by atoms with Crippen molar-refractivity contribution in [3.05, 3.63) is 65.7 Å². The molecule has 5 heteroatoms. The summed E-state index contributed by atoms with van der Waals surface area (Å²) < 4.78 is 0. The van der Waals surface area contributed by atoms with Crippen molar-refractivity contribution in [2.75, 3.05) is 18.5 Å². The van der Waals surface area contributed by atoms with Crippen LogP contribution in [0.25, 0.3) is 0 Å². The van der Waals surface area contributed by atoms with Gasteiger partial charge < -0.3 is 16.0 Å². The average molecular weight is 325 g/mol. The van der Waals surface area contributed by atoms with Crippen LogP contribution in [0.1, 0.15) is 35.3 Å². The fraction of sp³-hybridized carbons (Fsp3) is 0.263. The van der Waals surface area contributed by atoms with E-state index in [0.29, 0.717) is 11.1 Å². The summed E-state index contributed by atoms with van der Waals surface area (Å²) in [4.78, 5) is 26.2. The van der Waals surface area contributed by atoms with Gasteiger partial charge in [-0.1, -0.05) is 37.3 Å². The van der Waals surface area contributed by atoms with Crippen molar-refractivity contribution in [3.63, 3.8) is 0 Å². The summed E-state index contributed by atoms with van der Waals surface area (Å²) in [6.07, 6.45) is 1.05. The summed E-state index contributed by atoms with van der Waals surface area (Å²) >= 11 is 0. The molecule has 0 aliphatic carbocycles. The second kappa shape index (κ2) is 8.15. The first-order chi connectivity index (χ1) is 11.5. The Morgan fingerprint density at radius 2 is 1.71 bits per heavy atom. The van der Waals surface area contributed by atoms with Gasteiger partial charge in [0.05, 0.1) is 0 Å². The highest BCUT2D eigenvalue weighted by molar-refractivity contribution is 5.97. The monoisotopic (exact) mass is 325 g/mol. The van der Waals surface area contributed by atoms with Gasteiger partial charge in [-0.15, -0.1) is 0 Å². The third-order valence-corrected chi connectivity index (χ3v) is 3.82. The zero-order chi connectivity index (χ0) is 17.5. The third-order valence-electron chi connectivity index (χ3n) is 3.82. The van der Waals surface area contributed by atoms with E-state index in [1.54, 1.807) is 36.4 Å². The molecule has 0 fully saturated rings. The molecular weight excluding hydrogens is 302 g/mol. The molecule has 0 saturated heterocycles. The quantitative estimate of drug-likeness (QED) is 0.821. The molecule has 2 aromatic rings. The number of carbonyl (C=O) groups is 2. The Bertz CT molecular complexity index is 684. The zero-order valence-electron chi connectivity index (χ0n) is 14.0. The maximum atomic E-state index is 12.4. The molecule has 1 atom stereocenters. The lowest BCUT2D eigenvalue weighted by molar-refractivity contribution is -0.120. The number of carbonyl (C=O) groups excluding carboxylic acids is 2. The molecular formula is C19H23N3O2. The molecule has 0 heterocycles. The van der Waals surface area contributed by atoms with Crippen molar-refractivity contribution in [2.45, 2.75) is 19.4 Å². The van der Waals surface area contributed by atoms with Gasteiger partial charge in [0.2, 0.25) is 5.91 Å². The first-order valence-corrected chi connectivity index (χ1v) is 7.99. The van der Waals surface area contributed by atoms with Crippen molar-refractivity contribution < 1.29 is 9.59 Å². The summed E-state index contributed by atoms with van der Waals surface area (Å²) in [6.45, 7) is 3.06. The highest BCUT2D eigenvalue weighted by atomic mass is 16.2. The molecule has 2 aromatic carbocycles. The first-order valence-electron chi connectivity index (χ1n) is 7.99. The van der Waals surface area contributed by atoms with Gasteiger partial charge in [-0.05, 0) is 36.2 Å². The number of primary amides is 1. The summed E-state index contributed by atoms with van der Waals surface area (Å²) in [7, 11) is 2.01. The molecule has 0 aromatic heterocycles. The van der Waals surface area contributed by atoms with Gasteiger partial charge in [0.1, 0.15) is 6.04 Å². The minimum Gasteiger partial charge on any atom is -0.375 e. The number of anilines is 1. The highest BCUT2D eigenvalue weighted by Crippen LogP contribution is 2.16. The molecule has 126 valence electrons. The van der Waals surface area contributed by atoms with Crippen molar-refractivity contribution in [3.8, 4) is 0 Å². The van der Waals surface area contributed by atoms with Gasteiger partial charge in [0, 0.05) is 24.8 Å². The topological polar surface area (TPSA) is 75.4 Å². The van der Waals surface area contributed by atoms with Crippen LogP contribution in [-0.2, 0) is 4.79 Å². The standard InChI is InChI=1S/C19H23N3O2/c1-3-13-22(2)16-11-9-15(10-12-16)19(24)21-17(18(20)23)14-7-5-4-6-8-14/h4-12,17H,3,13H2,1-2H3,(H2,20,23)(H,21,24)/t17-/m0/s1. The summed E-state index contributed by atoms with van der Waals surface area (Å²) in [5.74, 6) is -0.916. The minimum absolute atomic E-state index is 0.327. The van der Waals surface area contributed by atoms with E-state index in [1.807, 2.05) is 25.2 Å². The van der Waals surface area contributed by atoms with Crippen molar-refractivity contribution in [1.29, 1.82) is 0 Å². The van der Waals surface area contributed by atoms with E-state index in [2.05, 4.69) is 17.1 Å². The predicted molar refractivity (Wildman–Crippen MR) is 95.8 cm³/mol. The fourth-order valence-electron chi connectivity index (χ4n) is 2.51. The maximum absolute atomic E-state index is 12.4. The molecule has 3 N–H and O–H groups in total. The number of amides is 2. The molecule has 5 nitrogen and oxygen atoms in total. The third kappa shape index (κ3) is 4.35. The Morgan fingerprint density at radius 3 is 2.25 bits per heavy atom. The Balaban J connectivity index is 2.12. The van der Waals surface area contributed by atoms with Crippen molar-refractivity contribution in [2.24, 2.45) is 5.73 Å². The fourth-order valence-corrected chi connectivity index (χ4v) is 2.51. The van der Waals surface area contributed by atoms with Gasteiger partial charge >= 0.3 is 0 Å². The minimum atomic E-state index is -0.846. The second-order valence-electron chi connectivity index (χ2n) is 5.69. The van der Waals surface area contributed by atoms with Gasteiger partial charge in [0.15, 0.2) is 0 Å². The Morgan fingerprint density at radius 1 is 1.08 bits per heavy atom. The van der Waals surface area contributed by atoms with Crippen LogP contribution in [0.4, 0.5) is 5.69 Å². The predicted octanol–water partition coefficient (Wildman–Crippen LogP) is 2.49. The highest BCUT2D eigenvalue weighted by Gasteiger charge is 2.20. The molecule has 0 bridgehead atoms. The Kier molecular flexibility index (Phi) is 5.95. The molecule has 0 radical (unpaired) electrons. The van der Waals surface area contributed by atoms with Gasteiger partial charge in [-0.3, -0.25) is 9.59 Å². The van der Waals surface area contributed by atoms with Crippen LogP contribution < -0.4 is 16.0 Å². The number of benzene rings is 2. The number of rotatable bonds is 7. The first kappa shape index (κ1) is 17.5. The van der Waals surface area contributed by atoms with Gasteiger partial charge in [0.25, 0.3) is 5.91 Å². The number of hydrogen-bond donors (Lipinski definition) is 2. The van der Waals surface area contributed by atoms with E-state index in [4.69, 9.17) is 5.73 Å².